The van der Waals surface area contributed by atoms with Gasteiger partial charge in [0.1, 0.15) is 5.60 Å². The van der Waals surface area contributed by atoms with Crippen molar-refractivity contribution in [1.29, 1.82) is 0 Å². The minimum absolute atomic E-state index is 0.111. The molecule has 0 fully saturated rings. The molecular weight excluding hydrogens is 314 g/mol. The van der Waals surface area contributed by atoms with Gasteiger partial charge in [-0.15, -0.1) is 0 Å². The summed E-state index contributed by atoms with van der Waals surface area (Å²) in [5.41, 5.74) is 0.583. The fourth-order valence-electron chi connectivity index (χ4n) is 2.15. The fourth-order valence-corrected chi connectivity index (χ4v) is 2.15. The Hall–Kier alpha value is -2.07. The smallest absolute Gasteiger partial charge is 0.407 e. The number of allylic oxidation sites excluding steroid dienone is 3. The number of ether oxygens (including phenoxy) is 2. The van der Waals surface area contributed by atoms with Crippen LogP contribution in [0.15, 0.2) is 54.6 Å². The highest BCUT2D eigenvalue weighted by Crippen LogP contribution is 2.11. The van der Waals surface area contributed by atoms with Gasteiger partial charge in [0.05, 0.1) is 19.3 Å². The Morgan fingerprint density at radius 2 is 1.88 bits per heavy atom. The molecule has 0 aliphatic carbocycles. The summed E-state index contributed by atoms with van der Waals surface area (Å²) in [4.78, 5) is 12.1. The first-order valence-electron chi connectivity index (χ1n) is 8.72. The van der Waals surface area contributed by atoms with Crippen molar-refractivity contribution >= 4 is 6.09 Å². The molecule has 25 heavy (non-hydrogen) atoms. The number of benzene rings is 1. The van der Waals surface area contributed by atoms with Crippen LogP contribution in [-0.4, -0.2) is 24.3 Å². The van der Waals surface area contributed by atoms with E-state index in [0.717, 1.165) is 5.56 Å². The van der Waals surface area contributed by atoms with Crippen molar-refractivity contribution in [1.82, 2.24) is 5.32 Å². The SMILES string of the molecule is C/C=C\C=C/C(C)[C@@H](COCc1ccccc1)NC(=O)OC(C)(C)C. The zero-order chi connectivity index (χ0) is 18.7. The molecule has 1 amide bonds. The molecule has 0 spiro atoms. The third-order valence-electron chi connectivity index (χ3n) is 3.46. The lowest BCUT2D eigenvalue weighted by atomic mass is 10.0. The number of hydrogen-bond acceptors (Lipinski definition) is 3. The van der Waals surface area contributed by atoms with Crippen molar-refractivity contribution in [3.05, 3.63) is 60.2 Å². The average molecular weight is 345 g/mol. The second kappa shape index (κ2) is 10.7. The number of carbonyl (C=O) groups is 1. The zero-order valence-corrected chi connectivity index (χ0v) is 16.0. The second-order valence-electron chi connectivity index (χ2n) is 7.02. The molecule has 4 heteroatoms. The van der Waals surface area contributed by atoms with Crippen molar-refractivity contribution in [2.24, 2.45) is 5.92 Å². The van der Waals surface area contributed by atoms with Gasteiger partial charge in [-0.05, 0) is 39.2 Å². The molecule has 0 saturated heterocycles. The molecule has 0 heterocycles. The molecule has 1 rings (SSSR count). The predicted octanol–water partition coefficient (Wildman–Crippen LogP) is 4.86. The van der Waals surface area contributed by atoms with E-state index < -0.39 is 11.7 Å². The molecule has 1 aromatic rings. The third kappa shape index (κ3) is 9.72. The number of amides is 1. The van der Waals surface area contributed by atoms with Gasteiger partial charge in [0.15, 0.2) is 0 Å². The Kier molecular flexibility index (Phi) is 9.00. The quantitative estimate of drug-likeness (QED) is 0.684. The van der Waals surface area contributed by atoms with Gasteiger partial charge >= 0.3 is 6.09 Å². The van der Waals surface area contributed by atoms with Crippen LogP contribution in [0.25, 0.3) is 0 Å². The first kappa shape index (κ1) is 21.0. The fraction of sp³-hybridized carbons (Fsp3) is 0.476. The van der Waals surface area contributed by atoms with Crippen LogP contribution in [0.2, 0.25) is 0 Å². The lowest BCUT2D eigenvalue weighted by Gasteiger charge is -2.26. The minimum Gasteiger partial charge on any atom is -0.444 e. The number of nitrogens with one attached hydrogen (secondary N) is 1. The van der Waals surface area contributed by atoms with E-state index in [4.69, 9.17) is 9.47 Å². The van der Waals surface area contributed by atoms with Crippen LogP contribution in [0.4, 0.5) is 4.79 Å². The summed E-state index contributed by atoms with van der Waals surface area (Å²) in [5, 5.41) is 2.93. The summed E-state index contributed by atoms with van der Waals surface area (Å²) >= 11 is 0. The molecule has 1 unspecified atom stereocenters. The van der Waals surface area contributed by atoms with E-state index in [2.05, 4.69) is 5.32 Å². The van der Waals surface area contributed by atoms with Gasteiger partial charge in [0.25, 0.3) is 0 Å². The maximum Gasteiger partial charge on any atom is 0.407 e. The standard InChI is InChI=1S/C21H31NO3/c1-6-7-9-12-17(2)19(22-20(23)25-21(3,4)5)16-24-15-18-13-10-8-11-14-18/h6-14,17,19H,15-16H2,1-5H3,(H,22,23)/b7-6-,12-9-/t17?,19-/m1/s1. The lowest BCUT2D eigenvalue weighted by Crippen LogP contribution is -2.44. The third-order valence-corrected chi connectivity index (χ3v) is 3.46. The van der Waals surface area contributed by atoms with Gasteiger partial charge in [0, 0.05) is 0 Å². The van der Waals surface area contributed by atoms with Crippen LogP contribution in [0.5, 0.6) is 0 Å². The average Bonchev–Trinajstić information content (AvgIpc) is 2.53. The molecule has 0 aliphatic rings. The maximum atomic E-state index is 12.1. The van der Waals surface area contributed by atoms with Crippen molar-refractivity contribution in [3.8, 4) is 0 Å². The van der Waals surface area contributed by atoms with E-state index in [1.165, 1.54) is 0 Å². The van der Waals surface area contributed by atoms with E-state index in [1.807, 2.05) is 89.3 Å². The summed E-state index contributed by atoms with van der Waals surface area (Å²) < 4.78 is 11.2. The lowest BCUT2D eigenvalue weighted by molar-refractivity contribution is 0.0399. The zero-order valence-electron chi connectivity index (χ0n) is 16.0. The molecule has 0 saturated carbocycles. The maximum absolute atomic E-state index is 12.1. The van der Waals surface area contributed by atoms with Gasteiger partial charge in [-0.2, -0.15) is 0 Å². The Morgan fingerprint density at radius 3 is 2.48 bits per heavy atom. The summed E-state index contributed by atoms with van der Waals surface area (Å²) in [6.45, 7) is 10.5. The van der Waals surface area contributed by atoms with Crippen molar-refractivity contribution in [3.63, 3.8) is 0 Å². The van der Waals surface area contributed by atoms with E-state index in [1.54, 1.807) is 0 Å². The van der Waals surface area contributed by atoms with E-state index in [9.17, 15) is 4.79 Å². The van der Waals surface area contributed by atoms with Crippen LogP contribution < -0.4 is 5.32 Å². The highest BCUT2D eigenvalue weighted by molar-refractivity contribution is 5.68. The normalized spacial score (nSPS) is 14.6. The predicted molar refractivity (Wildman–Crippen MR) is 102 cm³/mol. The Labute approximate surface area is 151 Å². The van der Waals surface area contributed by atoms with Gasteiger partial charge in [-0.1, -0.05) is 61.6 Å². The monoisotopic (exact) mass is 345 g/mol. The summed E-state index contributed by atoms with van der Waals surface area (Å²) in [6, 6.07) is 9.82. The number of hydrogen-bond donors (Lipinski definition) is 1. The van der Waals surface area contributed by atoms with E-state index in [0.29, 0.717) is 13.2 Å². The first-order valence-corrected chi connectivity index (χ1v) is 8.72. The summed E-state index contributed by atoms with van der Waals surface area (Å²) in [5.74, 6) is 0.111. The summed E-state index contributed by atoms with van der Waals surface area (Å²) in [7, 11) is 0. The Bertz CT molecular complexity index is 558. The number of rotatable bonds is 8. The molecule has 1 aromatic carbocycles. The van der Waals surface area contributed by atoms with Crippen LogP contribution in [0, 0.1) is 5.92 Å². The molecule has 0 radical (unpaired) electrons. The number of carbonyl (C=O) groups excluding carboxylic acids is 1. The molecule has 2 atom stereocenters. The molecule has 138 valence electrons. The highest BCUT2D eigenvalue weighted by Gasteiger charge is 2.22. The Morgan fingerprint density at radius 1 is 1.20 bits per heavy atom. The molecule has 0 aromatic heterocycles. The molecule has 0 bridgehead atoms. The molecule has 0 aliphatic heterocycles. The van der Waals surface area contributed by atoms with Crippen LogP contribution in [-0.2, 0) is 16.1 Å². The van der Waals surface area contributed by atoms with Crippen LogP contribution in [0.1, 0.15) is 40.2 Å². The Balaban J connectivity index is 2.64. The van der Waals surface area contributed by atoms with Gasteiger partial charge < -0.3 is 14.8 Å². The first-order chi connectivity index (χ1) is 11.8. The number of alkyl carbamates (subject to hydrolysis) is 1. The van der Waals surface area contributed by atoms with E-state index in [-0.39, 0.29) is 12.0 Å². The molecular formula is C21H31NO3. The van der Waals surface area contributed by atoms with E-state index >= 15 is 0 Å². The molecule has 4 nitrogen and oxygen atoms in total. The van der Waals surface area contributed by atoms with Gasteiger partial charge in [-0.3, -0.25) is 0 Å². The highest BCUT2D eigenvalue weighted by atomic mass is 16.6. The van der Waals surface area contributed by atoms with Gasteiger partial charge in [0.2, 0.25) is 0 Å². The second-order valence-corrected chi connectivity index (χ2v) is 7.02. The van der Waals surface area contributed by atoms with Crippen molar-refractivity contribution in [2.75, 3.05) is 6.61 Å². The molecule has 1 N–H and O–H groups in total. The summed E-state index contributed by atoms with van der Waals surface area (Å²) in [6.07, 6.45) is 7.53. The minimum atomic E-state index is -0.524. The largest absolute Gasteiger partial charge is 0.444 e. The van der Waals surface area contributed by atoms with Crippen LogP contribution >= 0.6 is 0 Å². The van der Waals surface area contributed by atoms with Crippen molar-refractivity contribution < 1.29 is 14.3 Å². The van der Waals surface area contributed by atoms with Crippen molar-refractivity contribution in [2.45, 2.75) is 52.9 Å². The topological polar surface area (TPSA) is 47.6 Å². The van der Waals surface area contributed by atoms with Gasteiger partial charge in [-0.25, -0.2) is 4.79 Å². The van der Waals surface area contributed by atoms with Crippen LogP contribution in [0.3, 0.4) is 0 Å².